The van der Waals surface area contributed by atoms with E-state index < -0.39 is 0 Å². The van der Waals surface area contributed by atoms with Crippen molar-refractivity contribution < 1.29 is 14.4 Å². The maximum Gasteiger partial charge on any atom is 0.286 e. The maximum atomic E-state index is 12.1. The van der Waals surface area contributed by atoms with Crippen LogP contribution in [0.1, 0.15) is 64.2 Å². The molecule has 8 heteroatoms. The number of nitrogens with two attached hydrogens (primary N) is 1. The monoisotopic (exact) mass is 416 g/mol. The van der Waals surface area contributed by atoms with E-state index in [9.17, 15) is 14.4 Å². The van der Waals surface area contributed by atoms with Crippen LogP contribution in [0.5, 0.6) is 0 Å². The van der Waals surface area contributed by atoms with E-state index in [1.54, 1.807) is 0 Å². The summed E-state index contributed by atoms with van der Waals surface area (Å²) in [5, 5.41) is 2.96. The third-order valence-corrected chi connectivity index (χ3v) is 9.05. The highest BCUT2D eigenvalue weighted by atomic mass is 32.2. The Labute approximate surface area is 168 Å². The highest BCUT2D eigenvalue weighted by Crippen LogP contribution is 2.46. The Kier molecular flexibility index (Phi) is 7.64. The predicted octanol–water partition coefficient (Wildman–Crippen LogP) is 5.37. The van der Waals surface area contributed by atoms with Crippen LogP contribution in [0.15, 0.2) is 0 Å². The highest BCUT2D eigenvalue weighted by Gasteiger charge is 2.37. The van der Waals surface area contributed by atoms with Crippen molar-refractivity contribution in [3.8, 4) is 0 Å². The Bertz CT molecular complexity index is 540. The van der Waals surface area contributed by atoms with Crippen molar-refractivity contribution >= 4 is 51.0 Å². The molecule has 0 aromatic carbocycles. The minimum Gasteiger partial charge on any atom is -0.361 e. The summed E-state index contributed by atoms with van der Waals surface area (Å²) in [6.45, 7) is 0. The second-order valence-electron chi connectivity index (χ2n) is 7.67. The Hall–Kier alpha value is -0.340. The first kappa shape index (κ1) is 20.4. The lowest BCUT2D eigenvalue weighted by molar-refractivity contribution is 0.250. The number of primary amides is 1. The lowest BCUT2D eigenvalue weighted by Gasteiger charge is -2.18. The minimum atomic E-state index is -0.271. The van der Waals surface area contributed by atoms with Crippen molar-refractivity contribution in [2.24, 2.45) is 17.6 Å². The second kappa shape index (κ2) is 9.73. The van der Waals surface area contributed by atoms with Crippen molar-refractivity contribution in [3.63, 3.8) is 0 Å². The average molecular weight is 417 g/mol. The molecule has 3 amide bonds. The van der Waals surface area contributed by atoms with Crippen LogP contribution in [-0.4, -0.2) is 31.5 Å². The van der Waals surface area contributed by atoms with Gasteiger partial charge in [-0.3, -0.25) is 19.7 Å². The van der Waals surface area contributed by atoms with Crippen molar-refractivity contribution in [3.05, 3.63) is 0 Å². The molecule has 5 nitrogen and oxygen atoms in total. The predicted molar refractivity (Wildman–Crippen MR) is 111 cm³/mol. The second-order valence-corrected chi connectivity index (χ2v) is 11.5. The Morgan fingerprint density at radius 2 is 1.19 bits per heavy atom. The van der Waals surface area contributed by atoms with Gasteiger partial charge in [0.2, 0.25) is 0 Å². The first-order chi connectivity index (χ1) is 12.5. The normalized spacial score (nSPS) is 32.0. The number of hydrogen-bond acceptors (Lipinski definition) is 6. The van der Waals surface area contributed by atoms with E-state index >= 15 is 0 Å². The molecule has 0 bridgehead atoms. The van der Waals surface area contributed by atoms with Gasteiger partial charge < -0.3 is 5.73 Å². The molecule has 3 rings (SSSR count). The Morgan fingerprint density at radius 3 is 1.73 bits per heavy atom. The quantitative estimate of drug-likeness (QED) is 0.640. The van der Waals surface area contributed by atoms with Crippen LogP contribution >= 0.6 is 35.3 Å². The number of thioether (sulfide) groups is 3. The van der Waals surface area contributed by atoms with Gasteiger partial charge in [0.1, 0.15) is 0 Å². The summed E-state index contributed by atoms with van der Waals surface area (Å²) in [5.74, 6) is 1.29. The molecule has 0 aliphatic heterocycles. The summed E-state index contributed by atoms with van der Waals surface area (Å²) in [6, 6.07) is 0. The molecule has 26 heavy (non-hydrogen) atoms. The number of imide groups is 1. The van der Waals surface area contributed by atoms with Crippen molar-refractivity contribution in [1.29, 1.82) is 0 Å². The molecule has 3 aliphatic rings. The van der Waals surface area contributed by atoms with Crippen molar-refractivity contribution in [1.82, 2.24) is 5.32 Å². The summed E-state index contributed by atoms with van der Waals surface area (Å²) < 4.78 is 0. The van der Waals surface area contributed by atoms with Crippen LogP contribution in [0.3, 0.4) is 0 Å². The Balaban J connectivity index is 1.35. The molecule has 0 heterocycles. The molecule has 4 unspecified atom stereocenters. The van der Waals surface area contributed by atoms with Crippen molar-refractivity contribution in [2.75, 3.05) is 0 Å². The van der Waals surface area contributed by atoms with Gasteiger partial charge in [0.15, 0.2) is 0 Å². The van der Waals surface area contributed by atoms with E-state index in [0.717, 1.165) is 51.4 Å². The third kappa shape index (κ3) is 6.09. The number of carbonyl (C=O) groups is 3. The van der Waals surface area contributed by atoms with E-state index in [0.29, 0.717) is 27.6 Å². The molecular formula is C18H28N2O3S3. The fraction of sp³-hybridized carbons (Fsp3) is 0.833. The molecule has 146 valence electrons. The zero-order valence-corrected chi connectivity index (χ0v) is 17.4. The van der Waals surface area contributed by atoms with Crippen LogP contribution in [0, 0.1) is 11.8 Å². The van der Waals surface area contributed by atoms with E-state index in [4.69, 9.17) is 5.73 Å². The molecule has 0 spiro atoms. The van der Waals surface area contributed by atoms with Gasteiger partial charge in [-0.05, 0) is 63.2 Å². The lowest BCUT2D eigenvalue weighted by Crippen LogP contribution is -2.26. The van der Waals surface area contributed by atoms with Gasteiger partial charge in [-0.15, -0.1) is 0 Å². The van der Waals surface area contributed by atoms with Crippen molar-refractivity contribution in [2.45, 2.75) is 80.0 Å². The third-order valence-electron chi connectivity index (χ3n) is 5.85. The minimum absolute atomic E-state index is 0.189. The zero-order valence-electron chi connectivity index (χ0n) is 15.0. The molecule has 3 saturated carbocycles. The van der Waals surface area contributed by atoms with Crippen LogP contribution in [0.4, 0.5) is 14.4 Å². The number of rotatable bonds is 4. The summed E-state index contributed by atoms with van der Waals surface area (Å²) in [7, 11) is 0. The molecule has 3 aliphatic carbocycles. The molecule has 0 saturated heterocycles. The summed E-state index contributed by atoms with van der Waals surface area (Å²) in [6.07, 6.45) is 11.1. The zero-order chi connectivity index (χ0) is 18.5. The summed E-state index contributed by atoms with van der Waals surface area (Å²) in [4.78, 5) is 35.2. The molecular weight excluding hydrogens is 388 g/mol. The van der Waals surface area contributed by atoms with Gasteiger partial charge in [0.25, 0.3) is 15.7 Å². The fourth-order valence-corrected chi connectivity index (χ4v) is 7.70. The molecule has 0 radical (unpaired) electrons. The van der Waals surface area contributed by atoms with E-state index in [1.807, 2.05) is 0 Å². The molecule has 3 fully saturated rings. The van der Waals surface area contributed by atoms with Gasteiger partial charge in [0.05, 0.1) is 0 Å². The topological polar surface area (TPSA) is 89.3 Å². The largest absolute Gasteiger partial charge is 0.361 e. The first-order valence-corrected chi connectivity index (χ1v) is 12.3. The SMILES string of the molecule is NC(=O)SC1CCC(C2CCC(SC(=O)NC(=O)SC3CCCC3)C2)C1. The van der Waals surface area contributed by atoms with Gasteiger partial charge in [-0.25, -0.2) is 0 Å². The van der Waals surface area contributed by atoms with E-state index in [-0.39, 0.29) is 15.7 Å². The first-order valence-electron chi connectivity index (χ1n) is 9.64. The Morgan fingerprint density at radius 1 is 0.692 bits per heavy atom. The molecule has 0 aromatic heterocycles. The standard InChI is InChI=1S/C18H28N2O3S3/c19-16(21)24-14-7-5-11(9-14)12-6-8-15(10-12)26-18(23)20-17(22)25-13-3-1-2-4-13/h11-15H,1-10H2,(H2,19,21)(H,20,22,23). The van der Waals surface area contributed by atoms with E-state index in [1.165, 1.54) is 48.1 Å². The van der Waals surface area contributed by atoms with Gasteiger partial charge >= 0.3 is 0 Å². The average Bonchev–Trinajstić information content (AvgIpc) is 3.28. The van der Waals surface area contributed by atoms with Gasteiger partial charge in [-0.2, -0.15) is 0 Å². The van der Waals surface area contributed by atoms with Gasteiger partial charge in [-0.1, -0.05) is 48.1 Å². The van der Waals surface area contributed by atoms with Crippen LogP contribution < -0.4 is 11.1 Å². The number of amides is 3. The highest BCUT2D eigenvalue weighted by molar-refractivity contribution is 8.16. The molecule has 4 atom stereocenters. The molecule has 3 N–H and O–H groups in total. The molecule has 0 aromatic rings. The summed E-state index contributed by atoms with van der Waals surface area (Å²) in [5.41, 5.74) is 5.29. The smallest absolute Gasteiger partial charge is 0.286 e. The number of nitrogens with one attached hydrogen (secondary N) is 1. The number of carbonyl (C=O) groups excluding carboxylic acids is 3. The lowest BCUT2D eigenvalue weighted by atomic mass is 9.90. The summed E-state index contributed by atoms with van der Waals surface area (Å²) >= 11 is 3.88. The maximum absolute atomic E-state index is 12.1. The number of hydrogen-bond donors (Lipinski definition) is 2. The van der Waals surface area contributed by atoms with Gasteiger partial charge in [0, 0.05) is 15.7 Å². The van der Waals surface area contributed by atoms with E-state index in [2.05, 4.69) is 5.32 Å². The van der Waals surface area contributed by atoms with Crippen LogP contribution in [0.2, 0.25) is 0 Å². The fourth-order valence-electron chi connectivity index (χ4n) is 4.63. The van der Waals surface area contributed by atoms with Crippen LogP contribution in [-0.2, 0) is 0 Å². The van der Waals surface area contributed by atoms with Crippen LogP contribution in [0.25, 0.3) is 0 Å².